The van der Waals surface area contributed by atoms with Gasteiger partial charge in [0.15, 0.2) is 6.29 Å². The normalized spacial score (nSPS) is 18.9. The summed E-state index contributed by atoms with van der Waals surface area (Å²) in [5.41, 5.74) is 3.33. The molecule has 3 atom stereocenters. The van der Waals surface area contributed by atoms with E-state index in [4.69, 9.17) is 15.3 Å². The number of aryl methyl sites for hydroxylation is 2. The van der Waals surface area contributed by atoms with Gasteiger partial charge >= 0.3 is 0 Å². The monoisotopic (exact) mass is 607 g/mol. The number of nitrogens with one attached hydrogen (secondary N) is 3. The minimum atomic E-state index is -0.387. The number of ether oxygens (including phenoxy) is 1. The van der Waals surface area contributed by atoms with Crippen LogP contribution in [0.4, 0.5) is 5.82 Å². The summed E-state index contributed by atoms with van der Waals surface area (Å²) in [5, 5.41) is 22.5. The molecule has 2 aromatic heterocycles. The Hall–Kier alpha value is -2.13. The molecule has 1 saturated carbocycles. The van der Waals surface area contributed by atoms with Gasteiger partial charge in [0.25, 0.3) is 0 Å². The van der Waals surface area contributed by atoms with Crippen LogP contribution in [0.15, 0.2) is 28.7 Å². The van der Waals surface area contributed by atoms with Crippen molar-refractivity contribution in [3.05, 3.63) is 44.9 Å². The van der Waals surface area contributed by atoms with Crippen LogP contribution in [0.1, 0.15) is 45.2 Å². The first-order chi connectivity index (χ1) is 19.2. The number of aliphatic hydroxyl groups excluding tert-OH is 1. The number of pyridine rings is 1. The lowest BCUT2D eigenvalue weighted by Gasteiger charge is -2.51. The van der Waals surface area contributed by atoms with Crippen molar-refractivity contribution in [2.75, 3.05) is 44.8 Å². The second-order valence-electron chi connectivity index (χ2n) is 9.27. The molecule has 13 heteroatoms. The number of thiazole rings is 1. The van der Waals surface area contributed by atoms with E-state index in [2.05, 4.69) is 43.7 Å². The summed E-state index contributed by atoms with van der Waals surface area (Å²) in [4.78, 5) is 26.6. The maximum absolute atomic E-state index is 10.6. The van der Waals surface area contributed by atoms with E-state index in [-0.39, 0.29) is 6.10 Å². The molecule has 5 rings (SSSR count). The highest BCUT2D eigenvalue weighted by Gasteiger charge is 2.40. The first-order valence-corrected chi connectivity index (χ1v) is 15.9. The molecule has 0 radical (unpaired) electrons. The Labute approximate surface area is 250 Å². The zero-order valence-electron chi connectivity index (χ0n) is 23.8. The second kappa shape index (κ2) is 18.3. The highest BCUT2D eigenvalue weighted by atomic mass is 32.2. The summed E-state index contributed by atoms with van der Waals surface area (Å²) in [6, 6.07) is 4.97. The minimum absolute atomic E-state index is 0.387. The molecule has 3 aliphatic rings. The van der Waals surface area contributed by atoms with Crippen molar-refractivity contribution in [3.63, 3.8) is 0 Å². The van der Waals surface area contributed by atoms with Crippen LogP contribution < -0.4 is 10.0 Å². The summed E-state index contributed by atoms with van der Waals surface area (Å²) in [7, 11) is 3.74. The molecule has 0 aromatic carbocycles. The number of fused-ring (bicyclic) bond motifs is 2. The molecule has 2 bridgehead atoms. The Bertz CT molecular complexity index is 1100. The number of nitrogens with zero attached hydrogens (tertiary/aromatic N) is 4. The summed E-state index contributed by atoms with van der Waals surface area (Å²) in [5.74, 6) is 1.37. The Morgan fingerprint density at radius 1 is 1.40 bits per heavy atom. The molecule has 1 aliphatic carbocycles. The lowest BCUT2D eigenvalue weighted by Crippen LogP contribution is -2.58. The molecule has 40 heavy (non-hydrogen) atoms. The fourth-order valence-electron chi connectivity index (χ4n) is 4.09. The van der Waals surface area contributed by atoms with Gasteiger partial charge in [0.1, 0.15) is 5.82 Å². The van der Waals surface area contributed by atoms with Gasteiger partial charge in [-0.15, -0.1) is 23.1 Å². The van der Waals surface area contributed by atoms with Crippen LogP contribution in [-0.2, 0) is 4.74 Å². The molecular formula is C27H41N7O3S3. The molecule has 0 amide bonds. The number of carbonyl (C=O) groups excluding carboxylic acids is 1. The molecule has 4 N–H and O–H groups in total. The SMILES string of the molecule is C=N/C(=C\SCNc1ccc(C=O)cn1)c1sc(C)nc1C.CN1[C@@H]2CC(=N)C[C@H]1C2.COCC(O)CNSC. The van der Waals surface area contributed by atoms with Crippen LogP contribution in [0, 0.1) is 19.3 Å². The van der Waals surface area contributed by atoms with E-state index in [9.17, 15) is 4.79 Å². The van der Waals surface area contributed by atoms with Gasteiger partial charge in [0.05, 0.1) is 39.9 Å². The van der Waals surface area contributed by atoms with E-state index < -0.39 is 0 Å². The first kappa shape index (κ1) is 34.1. The standard InChI is InChI=1S/C15H16N4OS2.C7H12N2.C5H13NO2S/c1-10-15(22-11(2)19-10)13(16-3)8-21-9-18-14-5-4-12(7-20)6-17-14;1-9-6-2-5(8)3-7(9)4-6;1-8-4-5(7)3-6-9-2/h4-8H,3,9H2,1-2H3,(H,17,18);6-8H,2-4H2,1H3;5-7H,3-4H2,1-2H3/b13-8-;;/t;6-,7+;. The van der Waals surface area contributed by atoms with E-state index in [1.165, 1.54) is 24.6 Å². The highest BCUT2D eigenvalue weighted by Crippen LogP contribution is 2.34. The third-order valence-corrected chi connectivity index (χ3v) is 8.49. The highest BCUT2D eigenvalue weighted by molar-refractivity contribution is 8.02. The molecule has 2 aromatic rings. The Morgan fingerprint density at radius 2 is 2.12 bits per heavy atom. The number of rotatable bonds is 12. The summed E-state index contributed by atoms with van der Waals surface area (Å²) in [6.07, 6.45) is 7.26. The molecule has 3 fully saturated rings. The predicted octanol–water partition coefficient (Wildman–Crippen LogP) is 4.50. The summed E-state index contributed by atoms with van der Waals surface area (Å²) in [6.45, 7) is 8.55. The largest absolute Gasteiger partial charge is 0.389 e. The molecule has 2 saturated heterocycles. The third-order valence-electron chi connectivity index (χ3n) is 6.24. The molecule has 4 heterocycles. The zero-order chi connectivity index (χ0) is 29.5. The molecule has 220 valence electrons. The van der Waals surface area contributed by atoms with Gasteiger partial charge in [-0.25, -0.2) is 9.97 Å². The number of hydrogen-bond acceptors (Lipinski definition) is 13. The van der Waals surface area contributed by atoms with Crippen molar-refractivity contribution in [1.29, 1.82) is 5.41 Å². The molecule has 2 aliphatic heterocycles. The van der Waals surface area contributed by atoms with Gasteiger partial charge in [-0.2, -0.15) is 0 Å². The number of thioether (sulfide) groups is 1. The van der Waals surface area contributed by atoms with Crippen molar-refractivity contribution < 1.29 is 14.6 Å². The fourth-order valence-corrected chi connectivity index (χ4v) is 6.09. The van der Waals surface area contributed by atoms with E-state index >= 15 is 0 Å². The summed E-state index contributed by atoms with van der Waals surface area (Å²) >= 11 is 4.67. The van der Waals surface area contributed by atoms with Crippen molar-refractivity contribution in [2.24, 2.45) is 4.99 Å². The quantitative estimate of drug-likeness (QED) is 0.0898. The maximum atomic E-state index is 10.6. The van der Waals surface area contributed by atoms with Crippen LogP contribution >= 0.6 is 35.0 Å². The molecule has 0 spiro atoms. The summed E-state index contributed by atoms with van der Waals surface area (Å²) < 4.78 is 7.62. The van der Waals surface area contributed by atoms with Crippen molar-refractivity contribution in [2.45, 2.75) is 51.3 Å². The van der Waals surface area contributed by atoms with Crippen LogP contribution in [-0.4, -0.2) is 96.3 Å². The number of aldehydes is 1. The van der Waals surface area contributed by atoms with Crippen molar-refractivity contribution >= 4 is 65.3 Å². The minimum Gasteiger partial charge on any atom is -0.389 e. The lowest BCUT2D eigenvalue weighted by molar-refractivity contribution is 0.0375. The Balaban J connectivity index is 0.000000254. The number of hydrogen-bond donors (Lipinski definition) is 4. The average Bonchev–Trinajstić information content (AvgIpc) is 3.30. The van der Waals surface area contributed by atoms with Crippen LogP contribution in [0.2, 0.25) is 0 Å². The average molecular weight is 608 g/mol. The number of aliphatic hydroxyl groups is 1. The van der Waals surface area contributed by atoms with E-state index in [1.54, 1.807) is 42.3 Å². The molecule has 10 nitrogen and oxygen atoms in total. The zero-order valence-corrected chi connectivity index (χ0v) is 26.3. The van der Waals surface area contributed by atoms with Crippen LogP contribution in [0.25, 0.3) is 5.70 Å². The van der Waals surface area contributed by atoms with E-state index in [1.807, 2.05) is 25.5 Å². The van der Waals surface area contributed by atoms with Crippen molar-refractivity contribution in [3.8, 4) is 0 Å². The van der Waals surface area contributed by atoms with E-state index in [0.29, 0.717) is 24.6 Å². The predicted molar refractivity (Wildman–Crippen MR) is 171 cm³/mol. The first-order valence-electron chi connectivity index (χ1n) is 12.8. The number of carbonyl (C=O) groups is 1. The number of methoxy groups -OCH3 is 1. The number of aromatic nitrogens is 2. The third kappa shape index (κ3) is 11.4. The topological polar surface area (TPSA) is 136 Å². The molecule has 1 unspecified atom stereocenters. The number of anilines is 1. The van der Waals surface area contributed by atoms with Crippen LogP contribution in [0.3, 0.4) is 0 Å². The Morgan fingerprint density at radius 3 is 2.60 bits per heavy atom. The number of piperidine rings is 1. The number of aliphatic imine (C=N–C) groups is 1. The maximum Gasteiger partial charge on any atom is 0.151 e. The van der Waals surface area contributed by atoms with Gasteiger partial charge in [-0.3, -0.25) is 19.4 Å². The van der Waals surface area contributed by atoms with Gasteiger partial charge in [0.2, 0.25) is 0 Å². The van der Waals surface area contributed by atoms with Crippen LogP contribution in [0.5, 0.6) is 0 Å². The lowest BCUT2D eigenvalue weighted by atomic mass is 9.79. The van der Waals surface area contributed by atoms with Gasteiger partial charge < -0.3 is 20.6 Å². The van der Waals surface area contributed by atoms with Gasteiger partial charge in [-0.05, 0) is 57.8 Å². The van der Waals surface area contributed by atoms with Crippen molar-refractivity contribution in [1.82, 2.24) is 19.6 Å². The smallest absolute Gasteiger partial charge is 0.151 e. The fraction of sp³-hybridized carbons (Fsp3) is 0.519. The van der Waals surface area contributed by atoms with Gasteiger partial charge in [-0.1, -0.05) is 11.9 Å². The van der Waals surface area contributed by atoms with Gasteiger partial charge in [0, 0.05) is 56.1 Å². The Kier molecular flexibility index (Phi) is 15.6. The molecular weight excluding hydrogens is 567 g/mol. The van der Waals surface area contributed by atoms with E-state index in [0.717, 1.165) is 64.0 Å². The second-order valence-corrected chi connectivity index (χ2v) is 12.0.